The largest absolute Gasteiger partial charge is 0.328 e. The summed E-state index contributed by atoms with van der Waals surface area (Å²) in [6.07, 6.45) is 3.38. The number of para-hydroxylation sites is 1. The zero-order valence-electron chi connectivity index (χ0n) is 11.4. The zero-order valence-corrected chi connectivity index (χ0v) is 11.4. The molecule has 0 aliphatic heterocycles. The summed E-state index contributed by atoms with van der Waals surface area (Å²) >= 11 is 0. The van der Waals surface area contributed by atoms with Crippen LogP contribution in [0.25, 0.3) is 0 Å². The highest BCUT2D eigenvalue weighted by Gasteiger charge is 2.14. The molecule has 0 aliphatic carbocycles. The SMILES string of the molecule is CCCCN(C(=O)CCC(C)N)c1ccccc1. The Kier molecular flexibility index (Phi) is 6.44. The second-order valence-corrected chi connectivity index (χ2v) is 4.75. The van der Waals surface area contributed by atoms with E-state index in [9.17, 15) is 4.79 Å². The molecule has 1 aromatic carbocycles. The number of rotatable bonds is 7. The molecule has 1 rings (SSSR count). The van der Waals surface area contributed by atoms with Crippen molar-refractivity contribution in [2.24, 2.45) is 5.73 Å². The molecular weight excluding hydrogens is 224 g/mol. The summed E-state index contributed by atoms with van der Waals surface area (Å²) in [6, 6.07) is 9.95. The monoisotopic (exact) mass is 248 g/mol. The summed E-state index contributed by atoms with van der Waals surface area (Å²) in [5, 5.41) is 0. The van der Waals surface area contributed by atoms with E-state index in [1.807, 2.05) is 42.2 Å². The molecule has 100 valence electrons. The summed E-state index contributed by atoms with van der Waals surface area (Å²) in [5.41, 5.74) is 6.70. The maximum absolute atomic E-state index is 12.2. The van der Waals surface area contributed by atoms with Gasteiger partial charge in [0.1, 0.15) is 0 Å². The van der Waals surface area contributed by atoms with Crippen LogP contribution in [0.4, 0.5) is 5.69 Å². The Bertz CT molecular complexity index is 349. The number of carbonyl (C=O) groups excluding carboxylic acids is 1. The van der Waals surface area contributed by atoms with Gasteiger partial charge in [-0.25, -0.2) is 0 Å². The van der Waals surface area contributed by atoms with Crippen molar-refractivity contribution in [3.63, 3.8) is 0 Å². The standard InChI is InChI=1S/C15H24N2O/c1-3-4-12-17(14-8-6-5-7-9-14)15(18)11-10-13(2)16/h5-9,13H,3-4,10-12,16H2,1-2H3. The summed E-state index contributed by atoms with van der Waals surface area (Å²) in [4.78, 5) is 14.1. The van der Waals surface area contributed by atoms with Crippen LogP contribution in [0.2, 0.25) is 0 Å². The first-order chi connectivity index (χ1) is 8.65. The Morgan fingerprint density at radius 3 is 2.56 bits per heavy atom. The Morgan fingerprint density at radius 1 is 1.33 bits per heavy atom. The molecule has 1 aromatic rings. The van der Waals surface area contributed by atoms with Crippen molar-refractivity contribution in [2.45, 2.75) is 45.6 Å². The maximum Gasteiger partial charge on any atom is 0.227 e. The molecule has 1 amide bonds. The molecule has 0 saturated carbocycles. The number of benzene rings is 1. The van der Waals surface area contributed by atoms with Crippen molar-refractivity contribution in [2.75, 3.05) is 11.4 Å². The fraction of sp³-hybridized carbons (Fsp3) is 0.533. The van der Waals surface area contributed by atoms with Crippen molar-refractivity contribution in [1.82, 2.24) is 0 Å². The molecular formula is C15H24N2O. The van der Waals surface area contributed by atoms with Crippen LogP contribution in [0, 0.1) is 0 Å². The van der Waals surface area contributed by atoms with E-state index >= 15 is 0 Å². The fourth-order valence-corrected chi connectivity index (χ4v) is 1.81. The van der Waals surface area contributed by atoms with Crippen molar-refractivity contribution in [3.8, 4) is 0 Å². The average molecular weight is 248 g/mol. The Balaban J connectivity index is 2.69. The first kappa shape index (κ1) is 14.7. The number of amides is 1. The number of nitrogens with zero attached hydrogens (tertiary/aromatic N) is 1. The van der Waals surface area contributed by atoms with Gasteiger partial charge in [0.2, 0.25) is 5.91 Å². The molecule has 18 heavy (non-hydrogen) atoms. The first-order valence-corrected chi connectivity index (χ1v) is 6.76. The van der Waals surface area contributed by atoms with Crippen LogP contribution >= 0.6 is 0 Å². The number of unbranched alkanes of at least 4 members (excludes halogenated alkanes) is 1. The second-order valence-electron chi connectivity index (χ2n) is 4.75. The van der Waals surface area contributed by atoms with Gasteiger partial charge in [-0.05, 0) is 31.9 Å². The minimum Gasteiger partial charge on any atom is -0.328 e. The molecule has 0 saturated heterocycles. The van der Waals surface area contributed by atoms with Gasteiger partial charge in [0.25, 0.3) is 0 Å². The smallest absolute Gasteiger partial charge is 0.227 e. The van der Waals surface area contributed by atoms with Crippen LogP contribution in [0.3, 0.4) is 0 Å². The summed E-state index contributed by atoms with van der Waals surface area (Å²) in [7, 11) is 0. The molecule has 3 heteroatoms. The molecule has 0 radical (unpaired) electrons. The van der Waals surface area contributed by atoms with Gasteiger partial charge in [0, 0.05) is 24.7 Å². The van der Waals surface area contributed by atoms with Crippen LogP contribution in [-0.2, 0) is 4.79 Å². The summed E-state index contributed by atoms with van der Waals surface area (Å²) < 4.78 is 0. The Morgan fingerprint density at radius 2 is 2.00 bits per heavy atom. The normalized spacial score (nSPS) is 12.2. The molecule has 0 bridgehead atoms. The molecule has 0 heterocycles. The number of anilines is 1. The first-order valence-electron chi connectivity index (χ1n) is 6.76. The predicted octanol–water partition coefficient (Wildman–Crippen LogP) is 2.95. The molecule has 1 unspecified atom stereocenters. The molecule has 0 aliphatic rings. The van der Waals surface area contributed by atoms with Gasteiger partial charge in [-0.15, -0.1) is 0 Å². The maximum atomic E-state index is 12.2. The Labute approximate surface area is 110 Å². The van der Waals surface area contributed by atoms with Crippen LogP contribution < -0.4 is 10.6 Å². The van der Waals surface area contributed by atoms with Gasteiger partial charge in [0.15, 0.2) is 0 Å². The van der Waals surface area contributed by atoms with Crippen molar-refractivity contribution in [3.05, 3.63) is 30.3 Å². The van der Waals surface area contributed by atoms with Crippen LogP contribution in [0.1, 0.15) is 39.5 Å². The van der Waals surface area contributed by atoms with Crippen molar-refractivity contribution < 1.29 is 4.79 Å². The van der Waals surface area contributed by atoms with E-state index in [-0.39, 0.29) is 11.9 Å². The Hall–Kier alpha value is -1.35. The molecule has 3 nitrogen and oxygen atoms in total. The van der Waals surface area contributed by atoms with Gasteiger partial charge in [-0.2, -0.15) is 0 Å². The highest BCUT2D eigenvalue weighted by molar-refractivity contribution is 5.93. The van der Waals surface area contributed by atoms with E-state index in [2.05, 4.69) is 6.92 Å². The summed E-state index contributed by atoms with van der Waals surface area (Å²) in [6.45, 7) is 4.86. The highest BCUT2D eigenvalue weighted by Crippen LogP contribution is 2.16. The van der Waals surface area contributed by atoms with Crippen LogP contribution in [-0.4, -0.2) is 18.5 Å². The second kappa shape index (κ2) is 7.88. The van der Waals surface area contributed by atoms with E-state index in [0.717, 1.165) is 31.5 Å². The quantitative estimate of drug-likeness (QED) is 0.806. The van der Waals surface area contributed by atoms with E-state index < -0.39 is 0 Å². The molecule has 0 spiro atoms. The van der Waals surface area contributed by atoms with Gasteiger partial charge >= 0.3 is 0 Å². The average Bonchev–Trinajstić information content (AvgIpc) is 2.38. The topological polar surface area (TPSA) is 46.3 Å². The minimum absolute atomic E-state index is 0.0812. The van der Waals surface area contributed by atoms with E-state index in [1.165, 1.54) is 0 Å². The van der Waals surface area contributed by atoms with Crippen LogP contribution in [0.15, 0.2) is 30.3 Å². The van der Waals surface area contributed by atoms with Crippen molar-refractivity contribution in [1.29, 1.82) is 0 Å². The lowest BCUT2D eigenvalue weighted by molar-refractivity contribution is -0.118. The molecule has 0 fully saturated rings. The summed E-state index contributed by atoms with van der Waals surface area (Å²) in [5.74, 6) is 0.173. The number of nitrogens with two attached hydrogens (primary N) is 1. The number of hydrogen-bond donors (Lipinski definition) is 1. The lowest BCUT2D eigenvalue weighted by atomic mass is 10.1. The van der Waals surface area contributed by atoms with E-state index in [0.29, 0.717) is 6.42 Å². The number of carbonyl (C=O) groups is 1. The van der Waals surface area contributed by atoms with Gasteiger partial charge in [-0.1, -0.05) is 31.5 Å². The number of hydrogen-bond acceptors (Lipinski definition) is 2. The van der Waals surface area contributed by atoms with Crippen molar-refractivity contribution >= 4 is 11.6 Å². The zero-order chi connectivity index (χ0) is 13.4. The van der Waals surface area contributed by atoms with Gasteiger partial charge in [-0.3, -0.25) is 4.79 Å². The molecule has 0 aromatic heterocycles. The van der Waals surface area contributed by atoms with Crippen LogP contribution in [0.5, 0.6) is 0 Å². The molecule has 2 N–H and O–H groups in total. The third-order valence-electron chi connectivity index (χ3n) is 2.92. The van der Waals surface area contributed by atoms with Gasteiger partial charge in [0.05, 0.1) is 0 Å². The fourth-order valence-electron chi connectivity index (χ4n) is 1.81. The lowest BCUT2D eigenvalue weighted by Crippen LogP contribution is -2.32. The molecule has 1 atom stereocenters. The minimum atomic E-state index is 0.0812. The third kappa shape index (κ3) is 4.88. The third-order valence-corrected chi connectivity index (χ3v) is 2.92. The van der Waals surface area contributed by atoms with Gasteiger partial charge < -0.3 is 10.6 Å². The van der Waals surface area contributed by atoms with E-state index in [1.54, 1.807) is 0 Å². The van der Waals surface area contributed by atoms with E-state index in [4.69, 9.17) is 5.73 Å². The lowest BCUT2D eigenvalue weighted by Gasteiger charge is -2.23. The predicted molar refractivity (Wildman–Crippen MR) is 76.6 cm³/mol. The highest BCUT2D eigenvalue weighted by atomic mass is 16.2.